The number of nitrogens with zero attached hydrogens (tertiary/aromatic N) is 1. The third-order valence-electron chi connectivity index (χ3n) is 3.81. The second-order valence-corrected chi connectivity index (χ2v) is 5.23. The first-order valence-corrected chi connectivity index (χ1v) is 5.86. The lowest BCUT2D eigenvalue weighted by Crippen LogP contribution is -2.28. The van der Waals surface area contributed by atoms with E-state index in [4.69, 9.17) is 0 Å². The normalized spacial score (nSPS) is 14.5. The van der Waals surface area contributed by atoms with E-state index in [-0.39, 0.29) is 0 Å². The van der Waals surface area contributed by atoms with Gasteiger partial charge in [-0.25, -0.2) is 0 Å². The Labute approximate surface area is 99.7 Å². The van der Waals surface area contributed by atoms with Gasteiger partial charge in [-0.1, -0.05) is 18.2 Å². The van der Waals surface area contributed by atoms with Gasteiger partial charge >= 0.3 is 5.97 Å². The van der Waals surface area contributed by atoms with Crippen molar-refractivity contribution in [3.63, 3.8) is 0 Å². The second kappa shape index (κ2) is 3.13. The summed E-state index contributed by atoms with van der Waals surface area (Å²) >= 11 is 0. The molecule has 1 aromatic carbocycles. The molecule has 17 heavy (non-hydrogen) atoms. The van der Waals surface area contributed by atoms with Crippen molar-refractivity contribution in [2.45, 2.75) is 32.2 Å². The smallest absolute Gasteiger partial charge is 0.313 e. The molecule has 0 amide bonds. The molecule has 2 heterocycles. The highest BCUT2D eigenvalue weighted by molar-refractivity contribution is 5.94. The third-order valence-corrected chi connectivity index (χ3v) is 3.81. The monoisotopic (exact) mass is 229 g/mol. The molecule has 3 rings (SSSR count). The topological polar surface area (TPSA) is 42.2 Å². The first-order valence-electron chi connectivity index (χ1n) is 5.86. The van der Waals surface area contributed by atoms with Crippen LogP contribution in [0.4, 0.5) is 0 Å². The summed E-state index contributed by atoms with van der Waals surface area (Å²) in [7, 11) is 0. The largest absolute Gasteiger partial charge is 0.481 e. The number of carboxylic acid groups (broad SMARTS) is 1. The van der Waals surface area contributed by atoms with Gasteiger partial charge in [0.15, 0.2) is 0 Å². The highest BCUT2D eigenvalue weighted by atomic mass is 16.4. The molecule has 0 aliphatic carbocycles. The molecule has 1 N–H and O–H groups in total. The van der Waals surface area contributed by atoms with Gasteiger partial charge in [0.2, 0.25) is 0 Å². The predicted octanol–water partition coefficient (Wildman–Crippen LogP) is 2.56. The van der Waals surface area contributed by atoms with Gasteiger partial charge in [0.25, 0.3) is 0 Å². The second-order valence-electron chi connectivity index (χ2n) is 5.23. The van der Waals surface area contributed by atoms with Gasteiger partial charge in [-0.2, -0.15) is 0 Å². The fourth-order valence-corrected chi connectivity index (χ4v) is 2.67. The molecule has 0 saturated heterocycles. The van der Waals surface area contributed by atoms with Crippen LogP contribution >= 0.6 is 0 Å². The molecular formula is C14H15NO2. The molecular weight excluding hydrogens is 214 g/mol. The van der Waals surface area contributed by atoms with E-state index < -0.39 is 11.4 Å². The Hall–Kier alpha value is -1.77. The van der Waals surface area contributed by atoms with Crippen molar-refractivity contribution in [1.29, 1.82) is 0 Å². The molecule has 0 atom stereocenters. The Bertz CT molecular complexity index is 622. The minimum atomic E-state index is -0.834. The maximum Gasteiger partial charge on any atom is 0.313 e. The molecule has 1 aromatic heterocycles. The van der Waals surface area contributed by atoms with Crippen molar-refractivity contribution >= 4 is 16.9 Å². The molecule has 1 aliphatic heterocycles. The maximum absolute atomic E-state index is 11.4. The molecule has 0 unspecified atom stereocenters. The van der Waals surface area contributed by atoms with E-state index in [0.717, 1.165) is 23.9 Å². The number of carbonyl (C=O) groups is 1. The van der Waals surface area contributed by atoms with Crippen LogP contribution in [0.1, 0.15) is 25.0 Å². The van der Waals surface area contributed by atoms with Gasteiger partial charge in [0, 0.05) is 18.1 Å². The average Bonchev–Trinajstić information content (AvgIpc) is 2.85. The van der Waals surface area contributed by atoms with Gasteiger partial charge in [-0.15, -0.1) is 0 Å². The van der Waals surface area contributed by atoms with Crippen LogP contribution in [0.15, 0.2) is 24.4 Å². The van der Waals surface area contributed by atoms with Crippen LogP contribution in [-0.2, 0) is 23.2 Å². The molecule has 3 nitrogen and oxygen atoms in total. The minimum Gasteiger partial charge on any atom is -0.481 e. The van der Waals surface area contributed by atoms with Crippen molar-refractivity contribution in [3.05, 3.63) is 35.5 Å². The van der Waals surface area contributed by atoms with Crippen LogP contribution < -0.4 is 0 Å². The number of aliphatic carboxylic acids is 1. The van der Waals surface area contributed by atoms with Crippen LogP contribution in [0.2, 0.25) is 0 Å². The molecule has 0 bridgehead atoms. The van der Waals surface area contributed by atoms with Gasteiger partial charge in [-0.3, -0.25) is 4.79 Å². The van der Waals surface area contributed by atoms with Gasteiger partial charge in [0.1, 0.15) is 0 Å². The summed E-state index contributed by atoms with van der Waals surface area (Å²) in [6.07, 6.45) is 3.07. The lowest BCUT2D eigenvalue weighted by Gasteiger charge is -2.18. The zero-order valence-corrected chi connectivity index (χ0v) is 10.0. The zero-order valence-electron chi connectivity index (χ0n) is 10.0. The van der Waals surface area contributed by atoms with Crippen molar-refractivity contribution in [2.75, 3.05) is 0 Å². The van der Waals surface area contributed by atoms with Gasteiger partial charge < -0.3 is 9.67 Å². The van der Waals surface area contributed by atoms with E-state index in [0.29, 0.717) is 0 Å². The summed E-state index contributed by atoms with van der Waals surface area (Å²) in [5, 5.41) is 10.4. The Kier molecular flexibility index (Phi) is 1.91. The number of benzene rings is 1. The van der Waals surface area contributed by atoms with Crippen LogP contribution in [-0.4, -0.2) is 15.6 Å². The molecule has 0 radical (unpaired) electrons. The Balaban J connectivity index is 2.34. The average molecular weight is 229 g/mol. The van der Waals surface area contributed by atoms with Crippen LogP contribution in [0.5, 0.6) is 0 Å². The number of hydrogen-bond acceptors (Lipinski definition) is 1. The van der Waals surface area contributed by atoms with Gasteiger partial charge in [0.05, 0.1) is 10.9 Å². The fourth-order valence-electron chi connectivity index (χ4n) is 2.67. The van der Waals surface area contributed by atoms with E-state index in [1.54, 1.807) is 13.8 Å². The summed E-state index contributed by atoms with van der Waals surface area (Å²) in [6.45, 7) is 4.50. The van der Waals surface area contributed by atoms with E-state index in [1.807, 2.05) is 18.3 Å². The molecule has 0 spiro atoms. The van der Waals surface area contributed by atoms with Crippen LogP contribution in [0.3, 0.4) is 0 Å². The number of para-hydroxylation sites is 1. The van der Waals surface area contributed by atoms with E-state index in [2.05, 4.69) is 10.6 Å². The first kappa shape index (κ1) is 10.4. The Morgan fingerprint density at radius 1 is 1.41 bits per heavy atom. The van der Waals surface area contributed by atoms with Crippen molar-refractivity contribution in [2.24, 2.45) is 0 Å². The molecule has 0 fully saturated rings. The lowest BCUT2D eigenvalue weighted by molar-refractivity contribution is -0.142. The van der Waals surface area contributed by atoms with Crippen molar-refractivity contribution in [1.82, 2.24) is 4.57 Å². The minimum absolute atomic E-state index is 0.775. The lowest BCUT2D eigenvalue weighted by atomic mass is 9.84. The molecule has 88 valence electrons. The Morgan fingerprint density at radius 3 is 2.88 bits per heavy atom. The maximum atomic E-state index is 11.4. The molecule has 0 saturated carbocycles. The van der Waals surface area contributed by atoms with Crippen LogP contribution in [0, 0.1) is 0 Å². The van der Waals surface area contributed by atoms with Crippen molar-refractivity contribution < 1.29 is 9.90 Å². The first-order chi connectivity index (χ1) is 8.01. The number of rotatable bonds is 2. The van der Waals surface area contributed by atoms with Gasteiger partial charge in [-0.05, 0) is 31.4 Å². The fraction of sp³-hybridized carbons (Fsp3) is 0.357. The van der Waals surface area contributed by atoms with E-state index in [1.165, 1.54) is 11.1 Å². The number of hydrogen-bond donors (Lipinski definition) is 1. The summed E-state index contributed by atoms with van der Waals surface area (Å²) in [5.41, 5.74) is 2.63. The Morgan fingerprint density at radius 2 is 2.18 bits per heavy atom. The summed E-state index contributed by atoms with van der Waals surface area (Å²) in [4.78, 5) is 11.4. The SMILES string of the molecule is CC(C)(C(=O)O)c1cn2c3c(cccc13)CC2. The summed E-state index contributed by atoms with van der Waals surface area (Å²) < 4.78 is 2.19. The molecule has 1 aliphatic rings. The molecule has 3 heteroatoms. The van der Waals surface area contributed by atoms with Crippen LogP contribution in [0.25, 0.3) is 10.9 Å². The van der Waals surface area contributed by atoms with E-state index in [9.17, 15) is 9.90 Å². The number of aromatic nitrogens is 1. The third kappa shape index (κ3) is 1.25. The zero-order chi connectivity index (χ0) is 12.2. The predicted molar refractivity (Wildman–Crippen MR) is 66.3 cm³/mol. The quantitative estimate of drug-likeness (QED) is 0.860. The number of carboxylic acids is 1. The standard InChI is InChI=1S/C14H15NO2/c1-14(2,13(16)17)11-8-15-7-6-9-4-3-5-10(11)12(9)15/h3-5,8H,6-7H2,1-2H3,(H,16,17). The highest BCUT2D eigenvalue weighted by Gasteiger charge is 2.33. The molecule has 2 aromatic rings. The summed E-state index contributed by atoms with van der Waals surface area (Å²) in [6, 6.07) is 6.18. The number of aryl methyl sites for hydroxylation is 2. The highest BCUT2D eigenvalue weighted by Crippen LogP contribution is 2.36. The van der Waals surface area contributed by atoms with Crippen molar-refractivity contribution in [3.8, 4) is 0 Å². The van der Waals surface area contributed by atoms with E-state index >= 15 is 0 Å². The summed E-state index contributed by atoms with van der Waals surface area (Å²) in [5.74, 6) is -0.775.